The molecule has 0 N–H and O–H groups in total. The van der Waals surface area contributed by atoms with Crippen molar-refractivity contribution < 1.29 is 13.9 Å². The first kappa shape index (κ1) is 15.8. The average Bonchev–Trinajstić information content (AvgIpc) is 2.46. The molecule has 1 aromatic heterocycles. The van der Waals surface area contributed by atoms with Crippen LogP contribution in [0.3, 0.4) is 0 Å². The van der Waals surface area contributed by atoms with Gasteiger partial charge in [0.25, 0.3) is 0 Å². The van der Waals surface area contributed by atoms with E-state index in [0.29, 0.717) is 23.3 Å². The summed E-state index contributed by atoms with van der Waals surface area (Å²) in [6.45, 7) is 7.75. The van der Waals surface area contributed by atoms with Crippen LogP contribution in [0.25, 0.3) is 11.0 Å². The van der Waals surface area contributed by atoms with Crippen LogP contribution in [0, 0.1) is 6.92 Å². The van der Waals surface area contributed by atoms with E-state index in [4.69, 9.17) is 9.15 Å². The molecule has 3 rings (SSSR count). The Morgan fingerprint density at radius 3 is 2.65 bits per heavy atom. The van der Waals surface area contributed by atoms with Crippen LogP contribution >= 0.6 is 0 Å². The van der Waals surface area contributed by atoms with Crippen LogP contribution in [0.4, 0.5) is 0 Å². The third-order valence-corrected chi connectivity index (χ3v) is 4.36. The molecule has 0 radical (unpaired) electrons. The van der Waals surface area contributed by atoms with E-state index in [1.54, 1.807) is 6.07 Å². The molecule has 4 heteroatoms. The van der Waals surface area contributed by atoms with E-state index in [0.717, 1.165) is 35.8 Å². The molecule has 2 heterocycles. The average molecular weight is 314 g/mol. The zero-order valence-electron chi connectivity index (χ0n) is 14.1. The smallest absolute Gasteiger partial charge is 0.336 e. The third-order valence-electron chi connectivity index (χ3n) is 4.36. The molecule has 1 aliphatic heterocycles. The van der Waals surface area contributed by atoms with Gasteiger partial charge in [-0.1, -0.05) is 13.3 Å². The highest BCUT2D eigenvalue weighted by molar-refractivity contribution is 6.05. The van der Waals surface area contributed by atoms with E-state index in [9.17, 15) is 9.59 Å². The van der Waals surface area contributed by atoms with Crippen LogP contribution in [0.2, 0.25) is 0 Å². The summed E-state index contributed by atoms with van der Waals surface area (Å²) < 4.78 is 11.4. The van der Waals surface area contributed by atoms with Gasteiger partial charge in [-0.25, -0.2) is 4.79 Å². The lowest BCUT2D eigenvalue weighted by Gasteiger charge is -2.32. The Bertz CT molecular complexity index is 843. The minimum Gasteiger partial charge on any atom is -0.486 e. The predicted molar refractivity (Wildman–Crippen MR) is 89.5 cm³/mol. The molecule has 1 aliphatic rings. The topological polar surface area (TPSA) is 56.5 Å². The van der Waals surface area contributed by atoms with E-state index in [-0.39, 0.29) is 11.4 Å². The number of carbonyl (C=O) groups is 1. The summed E-state index contributed by atoms with van der Waals surface area (Å²) in [7, 11) is 0. The van der Waals surface area contributed by atoms with E-state index in [1.165, 1.54) is 0 Å². The van der Waals surface area contributed by atoms with E-state index < -0.39 is 5.60 Å². The maximum absolute atomic E-state index is 12.5. The summed E-state index contributed by atoms with van der Waals surface area (Å²) in [5.74, 6) is 0.628. The summed E-state index contributed by atoms with van der Waals surface area (Å²) in [6.07, 6.45) is 3.19. The molecule has 0 saturated carbocycles. The highest BCUT2D eigenvalue weighted by atomic mass is 16.5. The molecule has 0 spiro atoms. The maximum Gasteiger partial charge on any atom is 0.336 e. The Balaban J connectivity index is 2.29. The van der Waals surface area contributed by atoms with Crippen molar-refractivity contribution in [3.63, 3.8) is 0 Å². The molecule has 23 heavy (non-hydrogen) atoms. The van der Waals surface area contributed by atoms with Gasteiger partial charge in [0.15, 0.2) is 5.78 Å². The van der Waals surface area contributed by atoms with Crippen LogP contribution in [0.15, 0.2) is 21.3 Å². The fourth-order valence-electron chi connectivity index (χ4n) is 3.21. The first-order valence-electron chi connectivity index (χ1n) is 8.15. The number of Topliss-reactive ketones (excluding diaryl/α,β-unsaturated/α-hetero) is 1. The quantitative estimate of drug-likeness (QED) is 0.797. The Labute approximate surface area is 135 Å². The number of fused-ring (bicyclic) bond motifs is 2. The van der Waals surface area contributed by atoms with Gasteiger partial charge in [-0.2, -0.15) is 0 Å². The molecule has 2 aromatic rings. The number of aryl methyl sites for hydroxylation is 2. The van der Waals surface area contributed by atoms with Gasteiger partial charge in [-0.15, -0.1) is 0 Å². The van der Waals surface area contributed by atoms with E-state index in [2.05, 4.69) is 6.92 Å². The minimum absolute atomic E-state index is 0.0777. The van der Waals surface area contributed by atoms with Crippen LogP contribution in [0.1, 0.15) is 61.5 Å². The van der Waals surface area contributed by atoms with Gasteiger partial charge in [-0.3, -0.25) is 4.79 Å². The molecule has 0 unspecified atom stereocenters. The van der Waals surface area contributed by atoms with E-state index in [1.807, 2.05) is 26.8 Å². The Morgan fingerprint density at radius 2 is 1.96 bits per heavy atom. The SMILES string of the molecule is CCCCc1cc(=O)oc2c(C)c3c(cc12)C(=O)CC(C)(C)O3. The monoisotopic (exact) mass is 314 g/mol. The number of ketones is 1. The molecule has 0 saturated heterocycles. The zero-order valence-corrected chi connectivity index (χ0v) is 14.1. The second-order valence-electron chi connectivity index (χ2n) is 6.91. The molecule has 0 fully saturated rings. The van der Waals surface area contributed by atoms with Gasteiger partial charge in [0, 0.05) is 17.0 Å². The normalized spacial score (nSPS) is 16.3. The highest BCUT2D eigenvalue weighted by Crippen LogP contribution is 2.40. The molecule has 0 atom stereocenters. The summed E-state index contributed by atoms with van der Waals surface area (Å²) >= 11 is 0. The number of unbranched alkanes of at least 4 members (excludes halogenated alkanes) is 1. The lowest BCUT2D eigenvalue weighted by molar-refractivity contribution is 0.0616. The molecule has 0 amide bonds. The van der Waals surface area contributed by atoms with Crippen LogP contribution in [-0.4, -0.2) is 11.4 Å². The van der Waals surface area contributed by atoms with Crippen LogP contribution in [0.5, 0.6) is 5.75 Å². The number of hydrogen-bond acceptors (Lipinski definition) is 4. The Morgan fingerprint density at radius 1 is 1.22 bits per heavy atom. The van der Waals surface area contributed by atoms with Gasteiger partial charge in [0.1, 0.15) is 16.9 Å². The summed E-state index contributed by atoms with van der Waals surface area (Å²) in [4.78, 5) is 24.4. The summed E-state index contributed by atoms with van der Waals surface area (Å²) in [6, 6.07) is 3.38. The first-order chi connectivity index (χ1) is 10.8. The number of hydrogen-bond donors (Lipinski definition) is 0. The number of rotatable bonds is 3. The van der Waals surface area contributed by atoms with Crippen molar-refractivity contribution in [2.75, 3.05) is 0 Å². The van der Waals surface area contributed by atoms with E-state index >= 15 is 0 Å². The third kappa shape index (κ3) is 2.78. The molecule has 0 aliphatic carbocycles. The predicted octanol–water partition coefficient (Wildman–Crippen LogP) is 4.19. The van der Waals surface area contributed by atoms with Gasteiger partial charge in [0.05, 0.1) is 12.0 Å². The van der Waals surface area contributed by atoms with Gasteiger partial charge in [0.2, 0.25) is 0 Å². The Hall–Kier alpha value is -2.10. The van der Waals surface area contributed by atoms with Crippen molar-refractivity contribution >= 4 is 16.8 Å². The van der Waals surface area contributed by atoms with Crippen LogP contribution in [-0.2, 0) is 6.42 Å². The van der Waals surface area contributed by atoms with Crippen molar-refractivity contribution in [3.8, 4) is 5.75 Å². The first-order valence-corrected chi connectivity index (χ1v) is 8.15. The standard InChI is InChI=1S/C19H22O4/c1-5-6-7-12-8-16(21)22-17-11(2)18-14(9-13(12)17)15(20)10-19(3,4)23-18/h8-9H,5-7,10H2,1-4H3. The number of ether oxygens (including phenoxy) is 1. The fraction of sp³-hybridized carbons (Fsp3) is 0.474. The highest BCUT2D eigenvalue weighted by Gasteiger charge is 2.34. The zero-order chi connectivity index (χ0) is 16.8. The fourth-order valence-corrected chi connectivity index (χ4v) is 3.21. The summed E-state index contributed by atoms with van der Waals surface area (Å²) in [5, 5.41) is 0.853. The second-order valence-corrected chi connectivity index (χ2v) is 6.91. The molecule has 1 aromatic carbocycles. The molecular formula is C19H22O4. The Kier molecular flexibility index (Phi) is 3.78. The maximum atomic E-state index is 12.5. The van der Waals surface area contributed by atoms with Crippen LogP contribution < -0.4 is 10.4 Å². The molecular weight excluding hydrogens is 292 g/mol. The van der Waals surface area contributed by atoms with Gasteiger partial charge >= 0.3 is 5.63 Å². The minimum atomic E-state index is -0.539. The lowest BCUT2D eigenvalue weighted by atomic mass is 9.89. The van der Waals surface area contributed by atoms with Gasteiger partial charge in [-0.05, 0) is 45.2 Å². The number of carbonyl (C=O) groups excluding carboxylic acids is 1. The number of benzene rings is 1. The van der Waals surface area contributed by atoms with Crippen molar-refractivity contribution in [1.82, 2.24) is 0 Å². The van der Waals surface area contributed by atoms with Gasteiger partial charge < -0.3 is 9.15 Å². The van der Waals surface area contributed by atoms with Crippen molar-refractivity contribution in [2.45, 2.75) is 59.0 Å². The second kappa shape index (κ2) is 5.52. The van der Waals surface area contributed by atoms with Crippen molar-refractivity contribution in [3.05, 3.63) is 39.2 Å². The molecule has 122 valence electrons. The molecule has 4 nitrogen and oxygen atoms in total. The summed E-state index contributed by atoms with van der Waals surface area (Å²) in [5.41, 5.74) is 1.92. The molecule has 0 bridgehead atoms. The van der Waals surface area contributed by atoms with Crippen molar-refractivity contribution in [2.24, 2.45) is 0 Å². The van der Waals surface area contributed by atoms with Crippen molar-refractivity contribution in [1.29, 1.82) is 0 Å². The lowest BCUT2D eigenvalue weighted by Crippen LogP contribution is -2.36. The largest absolute Gasteiger partial charge is 0.486 e.